The lowest BCUT2D eigenvalue weighted by Gasteiger charge is -2.34. The average molecular weight is 449 g/mol. The van der Waals surface area contributed by atoms with Gasteiger partial charge in [-0.15, -0.1) is 23.2 Å². The van der Waals surface area contributed by atoms with Crippen molar-refractivity contribution in [2.45, 2.75) is 23.5 Å². The van der Waals surface area contributed by atoms with Crippen LogP contribution < -0.4 is 0 Å². The second kappa shape index (κ2) is 7.45. The van der Waals surface area contributed by atoms with E-state index in [4.69, 9.17) is 27.7 Å². The van der Waals surface area contributed by atoms with Crippen LogP contribution in [-0.2, 0) is 17.5 Å². The fourth-order valence-corrected chi connectivity index (χ4v) is 3.79. The fraction of sp³-hybridized carbons (Fsp3) is 0.500. The summed E-state index contributed by atoms with van der Waals surface area (Å²) in [5, 5.41) is 3.79. The highest BCUT2D eigenvalue weighted by Gasteiger charge is 2.57. The van der Waals surface area contributed by atoms with Crippen molar-refractivity contribution in [3.63, 3.8) is 0 Å². The molecule has 1 aromatic carbocycles. The predicted octanol–water partition coefficient (Wildman–Crippen LogP) is 3.59. The molecule has 2 aliphatic rings. The molecule has 2 aromatic rings. The molecule has 2 heterocycles. The maximum Gasteiger partial charge on any atom is 0.416 e. The van der Waals surface area contributed by atoms with Gasteiger partial charge in [0.2, 0.25) is 17.6 Å². The number of piperazine rings is 1. The van der Waals surface area contributed by atoms with E-state index >= 15 is 0 Å². The second-order valence-corrected chi connectivity index (χ2v) is 8.75. The Morgan fingerprint density at radius 1 is 1.24 bits per heavy atom. The number of carbonyl (C=O) groups is 1. The zero-order valence-corrected chi connectivity index (χ0v) is 16.6. The van der Waals surface area contributed by atoms with Crippen molar-refractivity contribution in [3.8, 4) is 11.4 Å². The normalized spacial score (nSPS) is 22.0. The van der Waals surface area contributed by atoms with Gasteiger partial charge in [0.25, 0.3) is 0 Å². The first kappa shape index (κ1) is 20.4. The Hall–Kier alpha value is -1.84. The quantitative estimate of drug-likeness (QED) is 0.668. The van der Waals surface area contributed by atoms with Crippen LogP contribution in [0.15, 0.2) is 28.8 Å². The van der Waals surface area contributed by atoms with Crippen molar-refractivity contribution >= 4 is 29.1 Å². The van der Waals surface area contributed by atoms with E-state index in [1.54, 1.807) is 4.90 Å². The van der Waals surface area contributed by atoms with Crippen molar-refractivity contribution in [2.75, 3.05) is 26.2 Å². The first-order chi connectivity index (χ1) is 13.6. The Balaban J connectivity index is 1.34. The molecule has 1 aliphatic carbocycles. The maximum atomic E-state index is 12.9. The fourth-order valence-electron chi connectivity index (χ4n) is 3.29. The van der Waals surface area contributed by atoms with Crippen LogP contribution in [0.25, 0.3) is 11.4 Å². The van der Waals surface area contributed by atoms with Gasteiger partial charge in [0.05, 0.1) is 18.0 Å². The summed E-state index contributed by atoms with van der Waals surface area (Å²) in [4.78, 5) is 20.3. The highest BCUT2D eigenvalue weighted by atomic mass is 35.5. The van der Waals surface area contributed by atoms with Crippen LogP contribution in [0.3, 0.4) is 0 Å². The van der Waals surface area contributed by atoms with Crippen molar-refractivity contribution in [2.24, 2.45) is 5.92 Å². The van der Waals surface area contributed by atoms with Crippen LogP contribution in [0.1, 0.15) is 17.9 Å². The van der Waals surface area contributed by atoms with Gasteiger partial charge >= 0.3 is 6.18 Å². The number of hydrogen-bond acceptors (Lipinski definition) is 5. The van der Waals surface area contributed by atoms with Gasteiger partial charge < -0.3 is 9.42 Å². The highest BCUT2D eigenvalue weighted by molar-refractivity contribution is 6.52. The van der Waals surface area contributed by atoms with E-state index in [-0.39, 0.29) is 23.2 Å². The van der Waals surface area contributed by atoms with Gasteiger partial charge in [-0.25, -0.2) is 0 Å². The molecule has 1 saturated heterocycles. The summed E-state index contributed by atoms with van der Waals surface area (Å²) >= 11 is 11.9. The minimum absolute atomic E-state index is 0.0285. The molecule has 1 unspecified atom stereocenters. The molecule has 1 saturated carbocycles. The SMILES string of the molecule is O=C(C1CC1(Cl)Cl)N1CCN(Cc2nc(-c3cccc(C(F)(F)F)c3)no2)CC1. The molecule has 29 heavy (non-hydrogen) atoms. The van der Waals surface area contributed by atoms with Gasteiger partial charge in [-0.1, -0.05) is 17.3 Å². The van der Waals surface area contributed by atoms with E-state index in [2.05, 4.69) is 10.1 Å². The number of hydrogen-bond donors (Lipinski definition) is 0. The zero-order valence-electron chi connectivity index (χ0n) is 15.1. The Bertz CT molecular complexity index is 911. The second-order valence-electron chi connectivity index (χ2n) is 7.21. The molecule has 4 rings (SSSR count). The summed E-state index contributed by atoms with van der Waals surface area (Å²) in [6.45, 7) is 2.64. The lowest BCUT2D eigenvalue weighted by atomic mass is 10.1. The number of rotatable bonds is 4. The molecule has 11 heteroatoms. The van der Waals surface area contributed by atoms with E-state index in [9.17, 15) is 18.0 Å². The molecule has 0 spiro atoms. The average Bonchev–Trinajstić information content (AvgIpc) is 3.09. The van der Waals surface area contributed by atoms with Crippen LogP contribution in [-0.4, -0.2) is 56.4 Å². The Kier molecular flexibility index (Phi) is 5.25. The van der Waals surface area contributed by atoms with E-state index < -0.39 is 16.1 Å². The molecule has 1 aliphatic heterocycles. The standard InChI is InChI=1S/C18H17Cl2F3N4O2/c19-17(20)9-13(17)16(28)27-6-4-26(5-7-27)10-14-24-15(25-29-14)11-2-1-3-12(8-11)18(21,22)23/h1-3,8,13H,4-7,9-10H2. The third-order valence-electron chi connectivity index (χ3n) is 5.08. The highest BCUT2D eigenvalue weighted by Crippen LogP contribution is 2.53. The van der Waals surface area contributed by atoms with E-state index in [0.29, 0.717) is 45.0 Å². The van der Waals surface area contributed by atoms with Gasteiger partial charge in [0.15, 0.2) is 0 Å². The predicted molar refractivity (Wildman–Crippen MR) is 99.1 cm³/mol. The van der Waals surface area contributed by atoms with Crippen molar-refractivity contribution in [1.82, 2.24) is 19.9 Å². The van der Waals surface area contributed by atoms with Gasteiger partial charge in [-0.05, 0) is 18.6 Å². The smallest absolute Gasteiger partial charge is 0.340 e. The van der Waals surface area contributed by atoms with E-state index in [1.807, 2.05) is 4.90 Å². The van der Waals surface area contributed by atoms with Crippen molar-refractivity contribution in [1.29, 1.82) is 0 Å². The van der Waals surface area contributed by atoms with Gasteiger partial charge in [-0.3, -0.25) is 9.69 Å². The molecule has 0 bridgehead atoms. The summed E-state index contributed by atoms with van der Waals surface area (Å²) in [7, 11) is 0. The van der Waals surface area contributed by atoms with Crippen LogP contribution >= 0.6 is 23.2 Å². The third-order valence-corrected chi connectivity index (χ3v) is 5.92. The largest absolute Gasteiger partial charge is 0.416 e. The number of halogens is 5. The van der Waals surface area contributed by atoms with Crippen molar-refractivity contribution in [3.05, 3.63) is 35.7 Å². The topological polar surface area (TPSA) is 62.5 Å². The zero-order chi connectivity index (χ0) is 20.8. The molecule has 2 fully saturated rings. The van der Waals surface area contributed by atoms with Gasteiger partial charge in [-0.2, -0.15) is 18.2 Å². The molecule has 6 nitrogen and oxygen atoms in total. The Morgan fingerprint density at radius 3 is 2.55 bits per heavy atom. The summed E-state index contributed by atoms with van der Waals surface area (Å²) < 4.78 is 42.9. The number of aromatic nitrogens is 2. The van der Waals surface area contributed by atoms with Crippen LogP contribution in [0.4, 0.5) is 13.2 Å². The molecule has 1 aromatic heterocycles. The van der Waals surface area contributed by atoms with Gasteiger partial charge in [0.1, 0.15) is 4.33 Å². The van der Waals surface area contributed by atoms with E-state index in [0.717, 1.165) is 12.1 Å². The maximum absolute atomic E-state index is 12.9. The van der Waals surface area contributed by atoms with Gasteiger partial charge in [0, 0.05) is 31.7 Å². The number of carbonyl (C=O) groups excluding carboxylic acids is 1. The van der Waals surface area contributed by atoms with E-state index in [1.165, 1.54) is 12.1 Å². The number of nitrogens with zero attached hydrogens (tertiary/aromatic N) is 4. The lowest BCUT2D eigenvalue weighted by molar-refractivity contribution is -0.137. The first-order valence-corrected chi connectivity index (χ1v) is 9.78. The molecule has 156 valence electrons. The lowest BCUT2D eigenvalue weighted by Crippen LogP contribution is -2.49. The first-order valence-electron chi connectivity index (χ1n) is 9.03. The third kappa shape index (κ3) is 4.51. The minimum atomic E-state index is -4.44. The van der Waals surface area contributed by atoms with Crippen molar-refractivity contribution < 1.29 is 22.5 Å². The molecule has 1 amide bonds. The molecular formula is C18H17Cl2F3N4O2. The molecule has 1 atom stereocenters. The Morgan fingerprint density at radius 2 is 1.93 bits per heavy atom. The number of amides is 1. The summed E-state index contributed by atoms with van der Waals surface area (Å²) in [6.07, 6.45) is -3.96. The van der Waals surface area contributed by atoms with Crippen LogP contribution in [0.2, 0.25) is 0 Å². The van der Waals surface area contributed by atoms with Crippen LogP contribution in [0, 0.1) is 5.92 Å². The number of alkyl halides is 5. The number of benzene rings is 1. The summed E-state index contributed by atoms with van der Waals surface area (Å²) in [6, 6.07) is 4.79. The summed E-state index contributed by atoms with van der Waals surface area (Å²) in [5.74, 6) is 0.0525. The summed E-state index contributed by atoms with van der Waals surface area (Å²) in [5.41, 5.74) is -0.531. The van der Waals surface area contributed by atoms with Crippen LogP contribution in [0.5, 0.6) is 0 Å². The monoisotopic (exact) mass is 448 g/mol. The minimum Gasteiger partial charge on any atom is -0.340 e. The Labute approximate surface area is 174 Å². The molecule has 0 N–H and O–H groups in total. The molecule has 0 radical (unpaired) electrons. The molecular weight excluding hydrogens is 432 g/mol.